The lowest BCUT2D eigenvalue weighted by atomic mass is 9.32. The van der Waals surface area contributed by atoms with E-state index in [0.29, 0.717) is 5.41 Å². The van der Waals surface area contributed by atoms with Crippen molar-refractivity contribution < 1.29 is 8.42 Å². The zero-order chi connectivity index (χ0) is 10.7. The molecule has 4 aliphatic carbocycles. The van der Waals surface area contributed by atoms with Crippen LogP contribution in [0.4, 0.5) is 0 Å². The Kier molecular flexibility index (Phi) is 2.02. The highest BCUT2D eigenvalue weighted by Gasteiger charge is 2.70. The van der Waals surface area contributed by atoms with Crippen LogP contribution in [-0.2, 0) is 9.05 Å². The Labute approximate surface area is 95.8 Å². The molecule has 15 heavy (non-hydrogen) atoms. The van der Waals surface area contributed by atoms with Crippen LogP contribution < -0.4 is 0 Å². The molecule has 0 aromatic carbocycles. The van der Waals surface area contributed by atoms with Crippen LogP contribution in [-0.4, -0.2) is 14.2 Å². The fraction of sp³-hybridized carbons (Fsp3) is 1.00. The van der Waals surface area contributed by atoms with Gasteiger partial charge in [-0.2, -0.15) is 0 Å². The molecular weight excluding hydrogens is 232 g/mol. The molecule has 0 aromatic rings. The van der Waals surface area contributed by atoms with Crippen molar-refractivity contribution in [3.05, 3.63) is 0 Å². The van der Waals surface area contributed by atoms with Crippen molar-refractivity contribution in [1.29, 1.82) is 0 Å². The minimum Gasteiger partial charge on any atom is -0.212 e. The smallest absolute Gasteiger partial charge is 0.212 e. The lowest BCUT2D eigenvalue weighted by molar-refractivity contribution is -0.220. The summed E-state index contributed by atoms with van der Waals surface area (Å²) < 4.78 is 22.1. The topological polar surface area (TPSA) is 34.1 Å². The van der Waals surface area contributed by atoms with E-state index >= 15 is 0 Å². The number of hydrogen-bond donors (Lipinski definition) is 0. The minimum atomic E-state index is -3.28. The van der Waals surface area contributed by atoms with Crippen LogP contribution in [0.3, 0.4) is 0 Å². The number of rotatable bonds is 3. The molecule has 0 N–H and O–H groups in total. The summed E-state index contributed by atoms with van der Waals surface area (Å²) in [6.07, 6.45) is 8.93. The zero-order valence-electron chi connectivity index (χ0n) is 8.84. The van der Waals surface area contributed by atoms with Gasteiger partial charge in [-0.3, -0.25) is 0 Å². The Morgan fingerprint density at radius 3 is 2.13 bits per heavy atom. The first kappa shape index (κ1) is 10.4. The van der Waals surface area contributed by atoms with E-state index in [2.05, 4.69) is 0 Å². The molecule has 0 amide bonds. The fourth-order valence-corrected chi connectivity index (χ4v) is 6.31. The predicted molar refractivity (Wildman–Crippen MR) is 60.3 cm³/mol. The third kappa shape index (κ3) is 1.54. The molecule has 4 aliphatic rings. The summed E-state index contributed by atoms with van der Waals surface area (Å²) in [5.41, 5.74) is 0.654. The van der Waals surface area contributed by atoms with Gasteiger partial charge in [0, 0.05) is 10.7 Å². The minimum absolute atomic E-state index is 0.100. The van der Waals surface area contributed by atoms with Crippen LogP contribution >= 0.6 is 10.7 Å². The molecule has 0 heterocycles. The van der Waals surface area contributed by atoms with Gasteiger partial charge in [-0.15, -0.1) is 0 Å². The van der Waals surface area contributed by atoms with Crippen LogP contribution in [0.25, 0.3) is 0 Å². The van der Waals surface area contributed by atoms with Crippen LogP contribution in [0.2, 0.25) is 0 Å². The fourth-order valence-electron chi connectivity index (χ4n) is 4.58. The third-order valence-electron chi connectivity index (χ3n) is 4.88. The molecule has 2 nitrogen and oxygen atoms in total. The van der Waals surface area contributed by atoms with Crippen LogP contribution in [0, 0.1) is 16.7 Å². The van der Waals surface area contributed by atoms with E-state index in [4.69, 9.17) is 10.7 Å². The van der Waals surface area contributed by atoms with E-state index in [1.165, 1.54) is 25.7 Å². The summed E-state index contributed by atoms with van der Waals surface area (Å²) in [4.78, 5) is 0. The van der Waals surface area contributed by atoms with Gasteiger partial charge in [-0.05, 0) is 48.9 Å². The Morgan fingerprint density at radius 2 is 1.67 bits per heavy atom. The van der Waals surface area contributed by atoms with E-state index in [1.54, 1.807) is 0 Å². The summed E-state index contributed by atoms with van der Waals surface area (Å²) >= 11 is 0. The molecule has 0 saturated heterocycles. The molecule has 0 aromatic heterocycles. The Bertz CT molecular complexity index is 362. The van der Waals surface area contributed by atoms with Crippen molar-refractivity contribution in [3.8, 4) is 0 Å². The maximum absolute atomic E-state index is 11.1. The lowest BCUT2D eigenvalue weighted by Crippen LogP contribution is -2.66. The highest BCUT2D eigenvalue weighted by atomic mass is 35.7. The van der Waals surface area contributed by atoms with E-state index < -0.39 is 9.05 Å². The first-order chi connectivity index (χ1) is 6.93. The average Bonchev–Trinajstić information content (AvgIpc) is 2.43. The number of hydrogen-bond acceptors (Lipinski definition) is 2. The number of halogens is 1. The van der Waals surface area contributed by atoms with Crippen LogP contribution in [0.1, 0.15) is 44.9 Å². The molecule has 0 atom stereocenters. The SMILES string of the molecule is O=S(=O)(Cl)CC12CC(C3CCCC3)(C1)C2. The second-order valence-corrected chi connectivity index (χ2v) is 8.83. The average molecular weight is 249 g/mol. The second kappa shape index (κ2) is 2.92. The standard InChI is InChI=1S/C11H17ClO2S/c12-15(13,14)8-10-5-11(6-10,7-10)9-3-1-2-4-9/h9H,1-8H2. The molecule has 4 heteroatoms. The van der Waals surface area contributed by atoms with Crippen molar-refractivity contribution in [2.45, 2.75) is 44.9 Å². The monoisotopic (exact) mass is 248 g/mol. The van der Waals surface area contributed by atoms with Crippen molar-refractivity contribution in [1.82, 2.24) is 0 Å². The van der Waals surface area contributed by atoms with E-state index in [9.17, 15) is 8.42 Å². The molecular formula is C11H17ClO2S. The van der Waals surface area contributed by atoms with E-state index in [-0.39, 0.29) is 11.2 Å². The molecule has 0 spiro atoms. The second-order valence-electron chi connectivity index (χ2n) is 6.06. The van der Waals surface area contributed by atoms with Gasteiger partial charge in [-0.25, -0.2) is 8.42 Å². The van der Waals surface area contributed by atoms with Gasteiger partial charge in [0.15, 0.2) is 0 Å². The highest BCUT2D eigenvalue weighted by Crippen LogP contribution is 2.78. The molecule has 2 bridgehead atoms. The zero-order valence-corrected chi connectivity index (χ0v) is 10.4. The summed E-state index contributed by atoms with van der Waals surface area (Å²) in [7, 11) is 2.05. The summed E-state index contributed by atoms with van der Waals surface area (Å²) in [5.74, 6) is 1.12. The quantitative estimate of drug-likeness (QED) is 0.720. The van der Waals surface area contributed by atoms with Crippen LogP contribution in [0.5, 0.6) is 0 Å². The van der Waals surface area contributed by atoms with E-state index in [0.717, 1.165) is 25.2 Å². The maximum Gasteiger partial charge on any atom is 0.233 e. The summed E-state index contributed by atoms with van der Waals surface area (Å²) in [6, 6.07) is 0. The third-order valence-corrected chi connectivity index (χ3v) is 6.17. The maximum atomic E-state index is 11.1. The van der Waals surface area contributed by atoms with Gasteiger partial charge >= 0.3 is 0 Å². The summed E-state index contributed by atoms with van der Waals surface area (Å²) in [6.45, 7) is 0. The highest BCUT2D eigenvalue weighted by molar-refractivity contribution is 8.13. The predicted octanol–water partition coefficient (Wildman–Crippen LogP) is 2.92. The first-order valence-corrected chi connectivity index (χ1v) is 8.33. The Morgan fingerprint density at radius 1 is 1.13 bits per heavy atom. The Balaban J connectivity index is 1.63. The van der Waals surface area contributed by atoms with Gasteiger partial charge in [-0.1, -0.05) is 12.8 Å². The van der Waals surface area contributed by atoms with Crippen LogP contribution in [0.15, 0.2) is 0 Å². The van der Waals surface area contributed by atoms with E-state index in [1.807, 2.05) is 0 Å². The summed E-state index contributed by atoms with van der Waals surface area (Å²) in [5, 5.41) is 0. The Hall–Kier alpha value is 0.240. The van der Waals surface area contributed by atoms with Crippen molar-refractivity contribution in [3.63, 3.8) is 0 Å². The van der Waals surface area contributed by atoms with Crippen molar-refractivity contribution >= 4 is 19.7 Å². The van der Waals surface area contributed by atoms with Gasteiger partial charge in [0.1, 0.15) is 0 Å². The lowest BCUT2D eigenvalue weighted by Gasteiger charge is -2.73. The largest absolute Gasteiger partial charge is 0.233 e. The first-order valence-electron chi connectivity index (χ1n) is 5.86. The molecule has 0 unspecified atom stereocenters. The van der Waals surface area contributed by atoms with Crippen molar-refractivity contribution in [2.75, 3.05) is 5.75 Å². The molecule has 4 saturated carbocycles. The van der Waals surface area contributed by atoms with Gasteiger partial charge in [0.2, 0.25) is 9.05 Å². The molecule has 4 rings (SSSR count). The molecule has 86 valence electrons. The van der Waals surface area contributed by atoms with Gasteiger partial charge in [0.05, 0.1) is 5.75 Å². The van der Waals surface area contributed by atoms with Crippen molar-refractivity contribution in [2.24, 2.45) is 16.7 Å². The van der Waals surface area contributed by atoms with Gasteiger partial charge < -0.3 is 0 Å². The molecule has 4 fully saturated rings. The van der Waals surface area contributed by atoms with Gasteiger partial charge in [0.25, 0.3) is 0 Å². The normalized spacial score (nSPS) is 44.9. The molecule has 0 radical (unpaired) electrons. The molecule has 0 aliphatic heterocycles.